The van der Waals surface area contributed by atoms with Crippen molar-refractivity contribution >= 4 is 27.6 Å². The molecule has 1 aliphatic rings. The number of anilines is 2. The first-order chi connectivity index (χ1) is 14.2. The summed E-state index contributed by atoms with van der Waals surface area (Å²) in [6.45, 7) is 0. The summed E-state index contributed by atoms with van der Waals surface area (Å²) in [5, 5.41) is 21.9. The molecular weight excluding hydrogens is 438 g/mol. The highest BCUT2D eigenvalue weighted by molar-refractivity contribution is 9.10. The minimum atomic E-state index is -0.499. The molecule has 4 aromatic rings. The molecule has 0 amide bonds. The van der Waals surface area contributed by atoms with Gasteiger partial charge < -0.3 is 10.1 Å². The SMILES string of the molecule is COc1ccccc1[C@H]1c2c(-c3ccc(Br)cc3)n[nH]c(=O)c2Nc2nnnn21. The summed E-state index contributed by atoms with van der Waals surface area (Å²) in [6, 6.07) is 14.8. The molecule has 0 fully saturated rings. The van der Waals surface area contributed by atoms with E-state index in [0.717, 1.165) is 15.6 Å². The van der Waals surface area contributed by atoms with Crippen molar-refractivity contribution in [2.45, 2.75) is 6.04 Å². The van der Waals surface area contributed by atoms with Crippen LogP contribution in [-0.4, -0.2) is 37.5 Å². The maximum atomic E-state index is 12.7. The Morgan fingerprint density at radius 1 is 1.14 bits per heavy atom. The molecule has 2 N–H and O–H groups in total. The summed E-state index contributed by atoms with van der Waals surface area (Å²) in [7, 11) is 1.60. The Bertz CT molecular complexity index is 1270. The van der Waals surface area contributed by atoms with Gasteiger partial charge in [0.2, 0.25) is 5.95 Å². The first kappa shape index (κ1) is 17.6. The lowest BCUT2D eigenvalue weighted by atomic mass is 9.92. The van der Waals surface area contributed by atoms with Crippen LogP contribution in [0.25, 0.3) is 11.3 Å². The second-order valence-electron chi connectivity index (χ2n) is 6.41. The van der Waals surface area contributed by atoms with E-state index in [1.165, 1.54) is 0 Å². The van der Waals surface area contributed by atoms with Gasteiger partial charge in [0.05, 0.1) is 12.8 Å². The lowest BCUT2D eigenvalue weighted by Crippen LogP contribution is -2.29. The van der Waals surface area contributed by atoms with Crippen molar-refractivity contribution in [3.8, 4) is 17.0 Å². The van der Waals surface area contributed by atoms with Crippen LogP contribution < -0.4 is 15.6 Å². The van der Waals surface area contributed by atoms with Gasteiger partial charge in [-0.15, -0.1) is 0 Å². The molecule has 5 rings (SSSR count). The standard InChI is InChI=1S/C19H14BrN7O2/c1-29-13-5-3-2-4-12(13)17-14-15(10-6-8-11(20)9-7-10)22-23-18(28)16(14)21-19-24-25-26-27(17)19/h2-9,17H,1H3,(H,23,28)(H,21,24,26)/t17-/m0/s1. The zero-order valence-corrected chi connectivity index (χ0v) is 16.7. The Kier molecular flexibility index (Phi) is 4.13. The van der Waals surface area contributed by atoms with Crippen molar-refractivity contribution in [3.63, 3.8) is 0 Å². The Labute approximate surface area is 172 Å². The Morgan fingerprint density at radius 3 is 2.72 bits per heavy atom. The van der Waals surface area contributed by atoms with E-state index >= 15 is 0 Å². The van der Waals surface area contributed by atoms with Crippen LogP contribution in [0.5, 0.6) is 5.75 Å². The van der Waals surface area contributed by atoms with Crippen molar-refractivity contribution < 1.29 is 4.74 Å². The second-order valence-corrected chi connectivity index (χ2v) is 7.33. The molecule has 9 nitrogen and oxygen atoms in total. The molecule has 144 valence electrons. The molecule has 2 aromatic carbocycles. The largest absolute Gasteiger partial charge is 0.496 e. The molecular formula is C19H14BrN7O2. The lowest BCUT2D eigenvalue weighted by molar-refractivity contribution is 0.402. The number of halogens is 1. The van der Waals surface area contributed by atoms with Gasteiger partial charge in [-0.05, 0) is 28.6 Å². The number of aromatic nitrogens is 6. The van der Waals surface area contributed by atoms with Crippen molar-refractivity contribution in [1.82, 2.24) is 30.4 Å². The second kappa shape index (κ2) is 6.82. The van der Waals surface area contributed by atoms with Crippen LogP contribution in [0, 0.1) is 0 Å². The van der Waals surface area contributed by atoms with E-state index in [1.54, 1.807) is 11.8 Å². The van der Waals surface area contributed by atoms with E-state index in [-0.39, 0.29) is 5.56 Å². The van der Waals surface area contributed by atoms with Gasteiger partial charge in [0.25, 0.3) is 5.56 Å². The number of aromatic amines is 1. The number of hydrogen-bond donors (Lipinski definition) is 2. The predicted molar refractivity (Wildman–Crippen MR) is 109 cm³/mol. The fourth-order valence-corrected chi connectivity index (χ4v) is 3.81. The number of nitrogens with one attached hydrogen (secondary N) is 2. The van der Waals surface area contributed by atoms with Crippen LogP contribution >= 0.6 is 15.9 Å². The first-order valence-corrected chi connectivity index (χ1v) is 9.53. The van der Waals surface area contributed by atoms with E-state index in [0.29, 0.717) is 28.6 Å². The first-order valence-electron chi connectivity index (χ1n) is 8.73. The summed E-state index contributed by atoms with van der Waals surface area (Å²) in [5.41, 5.74) is 2.96. The minimum Gasteiger partial charge on any atom is -0.496 e. The van der Waals surface area contributed by atoms with Crippen LogP contribution in [0.1, 0.15) is 17.2 Å². The van der Waals surface area contributed by atoms with Crippen LogP contribution in [-0.2, 0) is 0 Å². The van der Waals surface area contributed by atoms with E-state index in [9.17, 15) is 4.79 Å². The predicted octanol–water partition coefficient (Wildman–Crippen LogP) is 2.89. The van der Waals surface area contributed by atoms with Gasteiger partial charge in [0, 0.05) is 21.2 Å². The molecule has 2 aromatic heterocycles. The number of rotatable bonds is 3. The van der Waals surface area contributed by atoms with Gasteiger partial charge >= 0.3 is 0 Å². The van der Waals surface area contributed by atoms with Crippen molar-refractivity contribution in [2.24, 2.45) is 0 Å². The van der Waals surface area contributed by atoms with Crippen molar-refractivity contribution in [3.05, 3.63) is 74.5 Å². The van der Waals surface area contributed by atoms with Crippen molar-refractivity contribution in [1.29, 1.82) is 0 Å². The van der Waals surface area contributed by atoms with Gasteiger partial charge in [0.15, 0.2) is 0 Å². The highest BCUT2D eigenvalue weighted by Crippen LogP contribution is 2.43. The monoisotopic (exact) mass is 451 g/mol. The normalized spacial score (nSPS) is 14.6. The number of nitrogens with zero attached hydrogens (tertiary/aromatic N) is 5. The number of H-pyrrole nitrogens is 1. The number of para-hydroxylation sites is 1. The lowest BCUT2D eigenvalue weighted by Gasteiger charge is -2.28. The number of hydrogen-bond acceptors (Lipinski definition) is 7. The fraction of sp³-hybridized carbons (Fsp3) is 0.105. The average Bonchev–Trinajstić information content (AvgIpc) is 3.22. The number of fused-ring (bicyclic) bond motifs is 2. The zero-order valence-electron chi connectivity index (χ0n) is 15.1. The molecule has 1 atom stereocenters. The Hall–Kier alpha value is -3.53. The fourth-order valence-electron chi connectivity index (χ4n) is 3.55. The third kappa shape index (κ3) is 2.80. The number of tetrazole rings is 1. The minimum absolute atomic E-state index is 0.352. The van der Waals surface area contributed by atoms with Gasteiger partial charge in [-0.25, -0.2) is 5.10 Å². The zero-order chi connectivity index (χ0) is 20.0. The Morgan fingerprint density at radius 2 is 1.93 bits per heavy atom. The van der Waals surface area contributed by atoms with Gasteiger partial charge in [-0.3, -0.25) is 4.79 Å². The number of ether oxygens (including phenoxy) is 1. The molecule has 3 heterocycles. The van der Waals surface area contributed by atoms with Crippen molar-refractivity contribution in [2.75, 3.05) is 12.4 Å². The summed E-state index contributed by atoms with van der Waals surface area (Å²) >= 11 is 3.45. The molecule has 0 spiro atoms. The summed E-state index contributed by atoms with van der Waals surface area (Å²) in [5.74, 6) is 1.03. The van der Waals surface area contributed by atoms with Crippen LogP contribution in [0.15, 0.2) is 57.8 Å². The summed E-state index contributed by atoms with van der Waals surface area (Å²) < 4.78 is 8.16. The summed E-state index contributed by atoms with van der Waals surface area (Å²) in [6.07, 6.45) is 0. The number of benzene rings is 2. The average molecular weight is 452 g/mol. The summed E-state index contributed by atoms with van der Waals surface area (Å²) in [4.78, 5) is 12.7. The van der Waals surface area contributed by atoms with Gasteiger partial charge in [-0.1, -0.05) is 51.4 Å². The van der Waals surface area contributed by atoms with Crippen LogP contribution in [0.2, 0.25) is 0 Å². The van der Waals surface area contributed by atoms with E-state index in [1.807, 2.05) is 48.5 Å². The van der Waals surface area contributed by atoms with Crippen LogP contribution in [0.4, 0.5) is 11.6 Å². The highest BCUT2D eigenvalue weighted by Gasteiger charge is 2.35. The molecule has 1 aliphatic heterocycles. The molecule has 0 saturated heterocycles. The third-order valence-electron chi connectivity index (χ3n) is 4.82. The van der Waals surface area contributed by atoms with E-state index in [4.69, 9.17) is 4.74 Å². The topological polar surface area (TPSA) is 111 Å². The highest BCUT2D eigenvalue weighted by atomic mass is 79.9. The number of methoxy groups -OCH3 is 1. The maximum absolute atomic E-state index is 12.7. The van der Waals surface area contributed by atoms with Crippen LogP contribution in [0.3, 0.4) is 0 Å². The van der Waals surface area contributed by atoms with E-state index in [2.05, 4.69) is 47.0 Å². The molecule has 29 heavy (non-hydrogen) atoms. The molecule has 0 saturated carbocycles. The van der Waals surface area contributed by atoms with Gasteiger partial charge in [0.1, 0.15) is 17.5 Å². The van der Waals surface area contributed by atoms with E-state index < -0.39 is 6.04 Å². The Balaban J connectivity index is 1.84. The smallest absolute Gasteiger partial charge is 0.288 e. The van der Waals surface area contributed by atoms with Gasteiger partial charge in [-0.2, -0.15) is 9.78 Å². The maximum Gasteiger partial charge on any atom is 0.288 e. The molecule has 0 aliphatic carbocycles. The molecule has 0 radical (unpaired) electrons. The third-order valence-corrected chi connectivity index (χ3v) is 5.35. The molecule has 0 unspecified atom stereocenters. The molecule has 10 heteroatoms. The molecule has 0 bridgehead atoms. The quantitative estimate of drug-likeness (QED) is 0.433.